The fraction of sp³-hybridized carbons (Fsp3) is 0.200. The van der Waals surface area contributed by atoms with Gasteiger partial charge in [-0.3, -0.25) is 0 Å². The molecule has 1 aromatic carbocycles. The van der Waals surface area contributed by atoms with Crippen LogP contribution in [0, 0.1) is 0 Å². The lowest BCUT2D eigenvalue weighted by Crippen LogP contribution is -2.32. The van der Waals surface area contributed by atoms with E-state index in [-0.39, 0.29) is 0 Å². The predicted octanol–water partition coefficient (Wildman–Crippen LogP) is 0.779. The molecular formula is C10H13N3O. The molecule has 74 valence electrons. The van der Waals surface area contributed by atoms with Gasteiger partial charge in [0.15, 0.2) is 0 Å². The topological polar surface area (TPSA) is 56.3 Å². The lowest BCUT2D eigenvalue weighted by atomic mass is 10.1. The molecular weight excluding hydrogens is 178 g/mol. The standard InChI is InChI=1S/C10H13N3O/c1-7-10(12-13-11-7)6-8-2-4-9(14)5-3-8/h2-5,11-14H,6H2,1H3. The monoisotopic (exact) mass is 191 g/mol. The number of hydrazine groups is 2. The first-order valence-corrected chi connectivity index (χ1v) is 4.50. The summed E-state index contributed by atoms with van der Waals surface area (Å²) in [5.41, 5.74) is 12.2. The number of hydrogen-bond acceptors (Lipinski definition) is 4. The smallest absolute Gasteiger partial charge is 0.115 e. The highest BCUT2D eigenvalue weighted by molar-refractivity contribution is 5.29. The Hall–Kier alpha value is -1.68. The van der Waals surface area contributed by atoms with Gasteiger partial charge in [-0.15, -0.1) is 0 Å². The zero-order valence-electron chi connectivity index (χ0n) is 7.96. The number of aromatic hydroxyl groups is 1. The van der Waals surface area contributed by atoms with E-state index >= 15 is 0 Å². The average Bonchev–Trinajstić information content (AvgIpc) is 2.56. The fourth-order valence-corrected chi connectivity index (χ4v) is 1.36. The summed E-state index contributed by atoms with van der Waals surface area (Å²) < 4.78 is 0. The minimum absolute atomic E-state index is 0.301. The van der Waals surface area contributed by atoms with Gasteiger partial charge in [0.25, 0.3) is 0 Å². The molecule has 1 heterocycles. The van der Waals surface area contributed by atoms with Crippen LogP contribution in [0.2, 0.25) is 0 Å². The van der Waals surface area contributed by atoms with Crippen molar-refractivity contribution in [1.29, 1.82) is 0 Å². The number of nitrogens with one attached hydrogen (secondary N) is 3. The Morgan fingerprint density at radius 3 is 2.43 bits per heavy atom. The molecule has 0 bridgehead atoms. The molecule has 0 saturated carbocycles. The normalized spacial score (nSPS) is 15.2. The Morgan fingerprint density at radius 2 is 1.86 bits per heavy atom. The van der Waals surface area contributed by atoms with Crippen molar-refractivity contribution in [2.75, 3.05) is 0 Å². The van der Waals surface area contributed by atoms with E-state index in [4.69, 9.17) is 5.11 Å². The lowest BCUT2D eigenvalue weighted by Gasteiger charge is -2.03. The molecule has 14 heavy (non-hydrogen) atoms. The average molecular weight is 191 g/mol. The lowest BCUT2D eigenvalue weighted by molar-refractivity contribution is 0.475. The van der Waals surface area contributed by atoms with E-state index < -0.39 is 0 Å². The molecule has 0 fully saturated rings. The summed E-state index contributed by atoms with van der Waals surface area (Å²) in [4.78, 5) is 0. The molecule has 1 aliphatic heterocycles. The minimum Gasteiger partial charge on any atom is -0.508 e. The van der Waals surface area contributed by atoms with Crippen molar-refractivity contribution < 1.29 is 5.11 Å². The van der Waals surface area contributed by atoms with Crippen LogP contribution in [0.15, 0.2) is 35.7 Å². The van der Waals surface area contributed by atoms with Crippen molar-refractivity contribution in [1.82, 2.24) is 16.4 Å². The van der Waals surface area contributed by atoms with E-state index in [0.29, 0.717) is 5.75 Å². The maximum absolute atomic E-state index is 9.12. The molecule has 4 heteroatoms. The van der Waals surface area contributed by atoms with Crippen molar-refractivity contribution in [2.45, 2.75) is 13.3 Å². The molecule has 0 saturated heterocycles. The SMILES string of the molecule is CC1=C(Cc2ccc(O)cc2)NNN1. The van der Waals surface area contributed by atoms with Crippen LogP contribution in [0.1, 0.15) is 12.5 Å². The van der Waals surface area contributed by atoms with Crippen LogP contribution >= 0.6 is 0 Å². The van der Waals surface area contributed by atoms with Crippen LogP contribution in [0.25, 0.3) is 0 Å². The third kappa shape index (κ3) is 1.80. The second-order valence-electron chi connectivity index (χ2n) is 3.32. The second kappa shape index (κ2) is 3.59. The summed E-state index contributed by atoms with van der Waals surface area (Å²) >= 11 is 0. The van der Waals surface area contributed by atoms with Crippen LogP contribution in [0.4, 0.5) is 0 Å². The van der Waals surface area contributed by atoms with Crippen molar-refractivity contribution in [3.63, 3.8) is 0 Å². The van der Waals surface area contributed by atoms with Crippen molar-refractivity contribution in [2.24, 2.45) is 0 Å². The van der Waals surface area contributed by atoms with E-state index in [1.54, 1.807) is 12.1 Å². The molecule has 0 spiro atoms. The quantitative estimate of drug-likeness (QED) is 0.558. The highest BCUT2D eigenvalue weighted by atomic mass is 16.3. The zero-order valence-corrected chi connectivity index (χ0v) is 7.96. The third-order valence-electron chi connectivity index (χ3n) is 2.23. The summed E-state index contributed by atoms with van der Waals surface area (Å²) in [5, 5.41) is 9.12. The fourth-order valence-electron chi connectivity index (χ4n) is 1.36. The maximum atomic E-state index is 9.12. The number of hydrogen-bond donors (Lipinski definition) is 4. The number of rotatable bonds is 2. The Morgan fingerprint density at radius 1 is 1.14 bits per heavy atom. The number of benzene rings is 1. The molecule has 4 N–H and O–H groups in total. The van der Waals surface area contributed by atoms with Crippen LogP contribution in [-0.4, -0.2) is 5.11 Å². The molecule has 1 aliphatic rings. The Kier molecular flexibility index (Phi) is 2.28. The van der Waals surface area contributed by atoms with E-state index in [1.807, 2.05) is 19.1 Å². The van der Waals surface area contributed by atoms with E-state index in [0.717, 1.165) is 23.4 Å². The molecule has 2 rings (SSSR count). The first-order valence-electron chi connectivity index (χ1n) is 4.50. The van der Waals surface area contributed by atoms with Crippen LogP contribution in [-0.2, 0) is 6.42 Å². The van der Waals surface area contributed by atoms with Gasteiger partial charge in [0.1, 0.15) is 5.75 Å². The third-order valence-corrected chi connectivity index (χ3v) is 2.23. The largest absolute Gasteiger partial charge is 0.508 e. The van der Waals surface area contributed by atoms with Gasteiger partial charge in [-0.2, -0.15) is 5.53 Å². The van der Waals surface area contributed by atoms with Crippen LogP contribution in [0.5, 0.6) is 5.75 Å². The first-order chi connectivity index (χ1) is 6.75. The maximum Gasteiger partial charge on any atom is 0.115 e. The molecule has 0 aliphatic carbocycles. The molecule has 4 nitrogen and oxygen atoms in total. The molecule has 0 amide bonds. The number of allylic oxidation sites excluding steroid dienone is 2. The number of phenolic OH excluding ortho intramolecular Hbond substituents is 1. The molecule has 0 unspecified atom stereocenters. The van der Waals surface area contributed by atoms with Crippen LogP contribution < -0.4 is 16.4 Å². The van der Waals surface area contributed by atoms with Crippen molar-refractivity contribution in [3.05, 3.63) is 41.2 Å². The van der Waals surface area contributed by atoms with Crippen molar-refractivity contribution in [3.8, 4) is 5.75 Å². The molecule has 1 aromatic rings. The predicted molar refractivity (Wildman–Crippen MR) is 53.9 cm³/mol. The van der Waals surface area contributed by atoms with Gasteiger partial charge >= 0.3 is 0 Å². The van der Waals surface area contributed by atoms with Gasteiger partial charge < -0.3 is 16.0 Å². The molecule has 0 radical (unpaired) electrons. The molecule has 0 atom stereocenters. The summed E-state index contributed by atoms with van der Waals surface area (Å²) in [5.74, 6) is 0.301. The van der Waals surface area contributed by atoms with Gasteiger partial charge in [-0.1, -0.05) is 12.1 Å². The summed E-state index contributed by atoms with van der Waals surface area (Å²) in [7, 11) is 0. The summed E-state index contributed by atoms with van der Waals surface area (Å²) in [6.07, 6.45) is 0.826. The van der Waals surface area contributed by atoms with Gasteiger partial charge in [-0.25, -0.2) is 0 Å². The van der Waals surface area contributed by atoms with Crippen molar-refractivity contribution >= 4 is 0 Å². The summed E-state index contributed by atoms with van der Waals surface area (Å²) in [6, 6.07) is 7.22. The van der Waals surface area contributed by atoms with Crippen LogP contribution in [0.3, 0.4) is 0 Å². The van der Waals surface area contributed by atoms with Gasteiger partial charge in [0.2, 0.25) is 0 Å². The zero-order chi connectivity index (χ0) is 9.97. The van der Waals surface area contributed by atoms with Gasteiger partial charge in [0.05, 0.1) is 5.70 Å². The van der Waals surface area contributed by atoms with Gasteiger partial charge in [-0.05, 0) is 24.6 Å². The second-order valence-corrected chi connectivity index (χ2v) is 3.32. The Bertz CT molecular complexity index is 356. The van der Waals surface area contributed by atoms with Gasteiger partial charge in [0, 0.05) is 12.1 Å². The Labute approximate surface area is 82.6 Å². The highest BCUT2D eigenvalue weighted by Crippen LogP contribution is 2.14. The van der Waals surface area contributed by atoms with E-state index in [1.165, 1.54) is 0 Å². The summed E-state index contributed by atoms with van der Waals surface area (Å²) in [6.45, 7) is 2.00. The first kappa shape index (κ1) is 8.90. The van der Waals surface area contributed by atoms with E-state index in [9.17, 15) is 0 Å². The Balaban J connectivity index is 2.11. The van der Waals surface area contributed by atoms with E-state index in [2.05, 4.69) is 16.4 Å². The highest BCUT2D eigenvalue weighted by Gasteiger charge is 2.08. The minimum atomic E-state index is 0.301. The number of phenols is 1. The molecule has 0 aromatic heterocycles.